The fourth-order valence-corrected chi connectivity index (χ4v) is 5.57. The highest BCUT2D eigenvalue weighted by molar-refractivity contribution is 5.88. The van der Waals surface area contributed by atoms with E-state index in [1.807, 2.05) is 13.8 Å². The average Bonchev–Trinajstić information content (AvgIpc) is 3.14. The molecule has 1 spiro atoms. The molecule has 1 unspecified atom stereocenters. The number of aromatic nitrogens is 2. The number of nitrogens with two attached hydrogens (primary N) is 2. The van der Waals surface area contributed by atoms with Gasteiger partial charge in [-0.25, -0.2) is 4.98 Å². The van der Waals surface area contributed by atoms with Gasteiger partial charge >= 0.3 is 0 Å². The van der Waals surface area contributed by atoms with E-state index in [-0.39, 0.29) is 5.54 Å². The van der Waals surface area contributed by atoms with E-state index in [4.69, 9.17) is 20.9 Å². The second kappa shape index (κ2) is 5.65. The number of furan rings is 1. The average molecular weight is 356 g/mol. The van der Waals surface area contributed by atoms with Crippen LogP contribution in [-0.4, -0.2) is 57.0 Å². The molecular formula is C19H28N6O. The topological polar surface area (TPSA) is 97.4 Å². The number of anilines is 1. The van der Waals surface area contributed by atoms with Crippen LogP contribution in [0, 0.1) is 13.8 Å². The third-order valence-electron chi connectivity index (χ3n) is 6.94. The van der Waals surface area contributed by atoms with Gasteiger partial charge in [0.2, 0.25) is 5.71 Å². The molecule has 140 valence electrons. The number of aryl methyl sites for hydroxylation is 2. The molecule has 0 radical (unpaired) electrons. The summed E-state index contributed by atoms with van der Waals surface area (Å²) in [5.41, 5.74) is 14.3. The third-order valence-corrected chi connectivity index (χ3v) is 6.94. The Morgan fingerprint density at radius 2 is 2.00 bits per heavy atom. The second-order valence-corrected chi connectivity index (χ2v) is 8.38. The normalized spacial score (nSPS) is 32.3. The van der Waals surface area contributed by atoms with Gasteiger partial charge in [0.15, 0.2) is 0 Å². The molecule has 0 amide bonds. The lowest BCUT2D eigenvalue weighted by Crippen LogP contribution is -2.73. The van der Waals surface area contributed by atoms with Crippen molar-refractivity contribution in [2.45, 2.75) is 63.7 Å². The lowest BCUT2D eigenvalue weighted by Gasteiger charge is -2.61. The molecule has 4 heterocycles. The molecule has 0 aromatic carbocycles. The Bertz CT molecular complexity index is 855. The molecule has 2 aromatic heterocycles. The first-order chi connectivity index (χ1) is 12.5. The van der Waals surface area contributed by atoms with E-state index in [0.29, 0.717) is 23.6 Å². The molecule has 3 aliphatic rings. The van der Waals surface area contributed by atoms with Crippen molar-refractivity contribution in [3.05, 3.63) is 17.1 Å². The van der Waals surface area contributed by atoms with Gasteiger partial charge < -0.3 is 15.9 Å². The Kier molecular flexibility index (Phi) is 3.58. The molecule has 2 aliphatic heterocycles. The molecule has 1 atom stereocenters. The molecule has 0 bridgehead atoms. The van der Waals surface area contributed by atoms with E-state index in [9.17, 15) is 0 Å². The minimum absolute atomic E-state index is 0.191. The summed E-state index contributed by atoms with van der Waals surface area (Å²) in [6.45, 7) is 8.07. The summed E-state index contributed by atoms with van der Waals surface area (Å²) < 4.78 is 5.81. The van der Waals surface area contributed by atoms with Crippen LogP contribution < -0.4 is 11.5 Å². The van der Waals surface area contributed by atoms with Crippen molar-refractivity contribution in [1.29, 1.82) is 0 Å². The highest BCUT2D eigenvalue weighted by Gasteiger charge is 2.57. The predicted molar refractivity (Wildman–Crippen MR) is 101 cm³/mol. The van der Waals surface area contributed by atoms with Crippen molar-refractivity contribution in [3.8, 4) is 0 Å². The van der Waals surface area contributed by atoms with Crippen molar-refractivity contribution >= 4 is 16.9 Å². The number of fused-ring (bicyclic) bond motifs is 3. The van der Waals surface area contributed by atoms with E-state index in [0.717, 1.165) is 55.0 Å². The van der Waals surface area contributed by atoms with Crippen LogP contribution in [0.3, 0.4) is 0 Å². The highest BCUT2D eigenvalue weighted by atomic mass is 16.3. The summed E-state index contributed by atoms with van der Waals surface area (Å²) in [4.78, 5) is 14.6. The van der Waals surface area contributed by atoms with Crippen LogP contribution >= 0.6 is 0 Å². The van der Waals surface area contributed by atoms with Crippen LogP contribution in [0.2, 0.25) is 0 Å². The largest absolute Gasteiger partial charge is 0.443 e. The molecule has 26 heavy (non-hydrogen) atoms. The molecular weight excluding hydrogens is 328 g/mol. The SMILES string of the molecule is Cc1oc2nc(CN3CCN4CCCC4C34CC(N)C4)nc(N)c2c1C. The monoisotopic (exact) mass is 356 g/mol. The van der Waals surface area contributed by atoms with Crippen molar-refractivity contribution < 1.29 is 4.42 Å². The number of nitrogen functional groups attached to an aromatic ring is 1. The summed E-state index contributed by atoms with van der Waals surface area (Å²) in [6.07, 6.45) is 4.73. The third kappa shape index (κ3) is 2.23. The van der Waals surface area contributed by atoms with Crippen molar-refractivity contribution in [1.82, 2.24) is 19.8 Å². The molecule has 3 fully saturated rings. The van der Waals surface area contributed by atoms with E-state index in [1.165, 1.54) is 19.4 Å². The lowest BCUT2D eigenvalue weighted by atomic mass is 9.65. The van der Waals surface area contributed by atoms with Gasteiger partial charge in [-0.05, 0) is 46.1 Å². The summed E-state index contributed by atoms with van der Waals surface area (Å²) in [6, 6.07) is 0.951. The molecule has 2 aromatic rings. The Morgan fingerprint density at radius 1 is 1.19 bits per heavy atom. The maximum Gasteiger partial charge on any atom is 0.231 e. The maximum absolute atomic E-state index is 6.24. The minimum atomic E-state index is 0.191. The zero-order chi connectivity index (χ0) is 18.1. The number of rotatable bonds is 2. The van der Waals surface area contributed by atoms with E-state index >= 15 is 0 Å². The van der Waals surface area contributed by atoms with E-state index in [2.05, 4.69) is 14.8 Å². The van der Waals surface area contributed by atoms with Gasteiger partial charge in [0, 0.05) is 36.3 Å². The van der Waals surface area contributed by atoms with Gasteiger partial charge in [0.1, 0.15) is 17.4 Å². The zero-order valence-corrected chi connectivity index (χ0v) is 15.7. The Morgan fingerprint density at radius 3 is 2.77 bits per heavy atom. The van der Waals surface area contributed by atoms with Gasteiger partial charge in [-0.3, -0.25) is 9.80 Å². The van der Waals surface area contributed by atoms with Gasteiger partial charge in [-0.1, -0.05) is 0 Å². The quantitative estimate of drug-likeness (QED) is 0.843. The van der Waals surface area contributed by atoms with Crippen LogP contribution in [0.1, 0.15) is 42.8 Å². The first kappa shape index (κ1) is 16.5. The number of piperazine rings is 1. The molecule has 1 aliphatic carbocycles. The fourth-order valence-electron chi connectivity index (χ4n) is 5.57. The summed E-state index contributed by atoms with van der Waals surface area (Å²) in [7, 11) is 0. The Hall–Kier alpha value is -1.70. The van der Waals surface area contributed by atoms with Gasteiger partial charge in [0.05, 0.1) is 11.9 Å². The van der Waals surface area contributed by atoms with Crippen molar-refractivity contribution in [2.75, 3.05) is 25.4 Å². The zero-order valence-electron chi connectivity index (χ0n) is 15.7. The molecule has 5 rings (SSSR count). The summed E-state index contributed by atoms with van der Waals surface area (Å²) in [5, 5.41) is 0.854. The maximum atomic E-state index is 6.24. The van der Waals surface area contributed by atoms with Gasteiger partial charge in [-0.2, -0.15) is 4.98 Å². The molecule has 4 N–H and O–H groups in total. The first-order valence-electron chi connectivity index (χ1n) is 9.75. The highest BCUT2D eigenvalue weighted by Crippen LogP contribution is 2.47. The molecule has 7 heteroatoms. The predicted octanol–water partition coefficient (Wildman–Crippen LogP) is 1.56. The number of hydrogen-bond acceptors (Lipinski definition) is 7. The smallest absolute Gasteiger partial charge is 0.231 e. The van der Waals surface area contributed by atoms with Crippen molar-refractivity contribution in [2.24, 2.45) is 5.73 Å². The van der Waals surface area contributed by atoms with Crippen LogP contribution in [0.25, 0.3) is 11.1 Å². The standard InChI is InChI=1S/C19H28N6O/c1-11-12(2)26-18-16(11)17(21)22-15(23-18)10-25-7-6-24-5-3-4-14(24)19(25)8-13(20)9-19/h13-14H,3-10,20H2,1-2H3,(H2,21,22,23). The van der Waals surface area contributed by atoms with Crippen LogP contribution in [0.15, 0.2) is 4.42 Å². The summed E-state index contributed by atoms with van der Waals surface area (Å²) >= 11 is 0. The number of nitrogens with zero attached hydrogens (tertiary/aromatic N) is 4. The van der Waals surface area contributed by atoms with Crippen LogP contribution in [-0.2, 0) is 6.54 Å². The number of hydrogen-bond donors (Lipinski definition) is 2. The summed E-state index contributed by atoms with van der Waals surface area (Å²) in [5.74, 6) is 2.15. The van der Waals surface area contributed by atoms with E-state index in [1.54, 1.807) is 0 Å². The first-order valence-corrected chi connectivity index (χ1v) is 9.75. The minimum Gasteiger partial charge on any atom is -0.443 e. The van der Waals surface area contributed by atoms with E-state index < -0.39 is 0 Å². The van der Waals surface area contributed by atoms with Crippen LogP contribution in [0.4, 0.5) is 5.82 Å². The fraction of sp³-hybridized carbons (Fsp3) is 0.684. The Labute approximate surface area is 153 Å². The molecule has 7 nitrogen and oxygen atoms in total. The van der Waals surface area contributed by atoms with Crippen LogP contribution in [0.5, 0.6) is 0 Å². The molecule has 1 saturated carbocycles. The Balaban J connectivity index is 1.47. The second-order valence-electron chi connectivity index (χ2n) is 8.38. The van der Waals surface area contributed by atoms with Gasteiger partial charge in [0.25, 0.3) is 0 Å². The van der Waals surface area contributed by atoms with Gasteiger partial charge in [-0.15, -0.1) is 0 Å². The molecule has 2 saturated heterocycles. The lowest BCUT2D eigenvalue weighted by molar-refractivity contribution is -0.0978. The van der Waals surface area contributed by atoms with Crippen molar-refractivity contribution in [3.63, 3.8) is 0 Å².